The van der Waals surface area contributed by atoms with E-state index in [0.29, 0.717) is 16.3 Å². The quantitative estimate of drug-likeness (QED) is 0.649. The van der Waals surface area contributed by atoms with Crippen molar-refractivity contribution in [3.63, 3.8) is 0 Å². The smallest absolute Gasteiger partial charge is 0.241 e. The van der Waals surface area contributed by atoms with Crippen LogP contribution < -0.4 is 9.46 Å². The Hall–Kier alpha value is -2.34. The van der Waals surface area contributed by atoms with Crippen LogP contribution in [0.25, 0.3) is 0 Å². The molecule has 0 aliphatic carbocycles. The summed E-state index contributed by atoms with van der Waals surface area (Å²) < 4.78 is 33.9. The molecule has 0 aliphatic rings. The van der Waals surface area contributed by atoms with Gasteiger partial charge in [-0.3, -0.25) is 0 Å². The van der Waals surface area contributed by atoms with Crippen LogP contribution in [0.4, 0.5) is 0 Å². The molecule has 0 radical (unpaired) electrons. The molecule has 3 aromatic rings. The summed E-state index contributed by atoms with van der Waals surface area (Å²) in [4.78, 5) is 0.207. The molecule has 0 aromatic heterocycles. The highest BCUT2D eigenvalue weighted by molar-refractivity contribution is 7.89. The lowest BCUT2D eigenvalue weighted by atomic mass is 9.99. The molecule has 3 aromatic carbocycles. The maximum absolute atomic E-state index is 13.0. The zero-order chi connectivity index (χ0) is 19.4. The van der Waals surface area contributed by atoms with Crippen molar-refractivity contribution in [2.45, 2.75) is 17.9 Å². The van der Waals surface area contributed by atoms with Gasteiger partial charge in [0, 0.05) is 5.02 Å². The van der Waals surface area contributed by atoms with Crippen molar-refractivity contribution >= 4 is 21.6 Å². The van der Waals surface area contributed by atoms with Crippen LogP contribution in [-0.2, 0) is 10.0 Å². The van der Waals surface area contributed by atoms with Crippen LogP contribution in [-0.4, -0.2) is 15.5 Å². The number of benzene rings is 3. The van der Waals surface area contributed by atoms with E-state index in [1.807, 2.05) is 37.3 Å². The molecule has 0 aliphatic heterocycles. The number of nitrogens with one attached hydrogen (secondary N) is 1. The Kier molecular flexibility index (Phi) is 5.85. The molecule has 0 amide bonds. The SMILES string of the molecule is COc1ccc([C@H](NS(=O)(=O)c2ccc(C)cc2)c2ccccc2Cl)cc1. The lowest BCUT2D eigenvalue weighted by molar-refractivity contribution is 0.414. The number of hydrogen-bond acceptors (Lipinski definition) is 3. The van der Waals surface area contributed by atoms with Gasteiger partial charge in [0.1, 0.15) is 5.75 Å². The van der Waals surface area contributed by atoms with Crippen LogP contribution in [0.5, 0.6) is 5.75 Å². The molecule has 140 valence electrons. The normalized spacial score (nSPS) is 12.6. The van der Waals surface area contributed by atoms with Gasteiger partial charge >= 0.3 is 0 Å². The van der Waals surface area contributed by atoms with E-state index in [2.05, 4.69) is 4.72 Å². The second kappa shape index (κ2) is 8.13. The lowest BCUT2D eigenvalue weighted by Gasteiger charge is -2.21. The molecule has 0 fully saturated rings. The summed E-state index contributed by atoms with van der Waals surface area (Å²) in [6.07, 6.45) is 0. The second-order valence-corrected chi connectivity index (χ2v) is 8.28. The van der Waals surface area contributed by atoms with Crippen molar-refractivity contribution in [1.82, 2.24) is 4.72 Å². The second-order valence-electron chi connectivity index (χ2n) is 6.16. The van der Waals surface area contributed by atoms with Crippen LogP contribution in [0.15, 0.2) is 77.7 Å². The molecule has 0 saturated carbocycles. The number of aryl methyl sites for hydroxylation is 1. The minimum atomic E-state index is -3.74. The van der Waals surface area contributed by atoms with Crippen LogP contribution >= 0.6 is 11.6 Å². The van der Waals surface area contributed by atoms with Crippen LogP contribution in [0, 0.1) is 6.92 Å². The van der Waals surface area contributed by atoms with E-state index in [-0.39, 0.29) is 4.90 Å². The molecule has 0 unspecified atom stereocenters. The van der Waals surface area contributed by atoms with E-state index in [9.17, 15) is 8.42 Å². The maximum atomic E-state index is 13.0. The molecule has 27 heavy (non-hydrogen) atoms. The van der Waals surface area contributed by atoms with Crippen LogP contribution in [0.1, 0.15) is 22.7 Å². The Labute approximate surface area is 164 Å². The Balaban J connectivity index is 2.04. The van der Waals surface area contributed by atoms with Gasteiger partial charge in [-0.1, -0.05) is 59.6 Å². The van der Waals surface area contributed by atoms with Gasteiger partial charge in [-0.2, -0.15) is 4.72 Å². The van der Waals surface area contributed by atoms with Gasteiger partial charge in [0.15, 0.2) is 0 Å². The summed E-state index contributed by atoms with van der Waals surface area (Å²) in [5.41, 5.74) is 2.44. The fourth-order valence-corrected chi connectivity index (χ4v) is 4.21. The highest BCUT2D eigenvalue weighted by Gasteiger charge is 2.24. The average Bonchev–Trinajstić information content (AvgIpc) is 2.67. The Morgan fingerprint density at radius 1 is 0.926 bits per heavy atom. The summed E-state index contributed by atoms with van der Waals surface area (Å²) >= 11 is 6.36. The maximum Gasteiger partial charge on any atom is 0.241 e. The molecule has 4 nitrogen and oxygen atoms in total. The number of hydrogen-bond donors (Lipinski definition) is 1. The highest BCUT2D eigenvalue weighted by atomic mass is 35.5. The Bertz CT molecular complexity index is 1020. The fourth-order valence-electron chi connectivity index (χ4n) is 2.76. The first kappa shape index (κ1) is 19.4. The minimum absolute atomic E-state index is 0.207. The first-order valence-electron chi connectivity index (χ1n) is 8.38. The van der Waals surface area contributed by atoms with Gasteiger partial charge in [-0.15, -0.1) is 0 Å². The van der Waals surface area contributed by atoms with Crippen molar-refractivity contribution in [1.29, 1.82) is 0 Å². The predicted molar refractivity (Wildman–Crippen MR) is 108 cm³/mol. The van der Waals surface area contributed by atoms with Crippen molar-refractivity contribution in [3.05, 3.63) is 94.5 Å². The van der Waals surface area contributed by atoms with Gasteiger partial charge in [0.25, 0.3) is 0 Å². The van der Waals surface area contributed by atoms with E-state index in [1.54, 1.807) is 49.6 Å². The third-order valence-electron chi connectivity index (χ3n) is 4.27. The van der Waals surface area contributed by atoms with Crippen molar-refractivity contribution < 1.29 is 13.2 Å². The summed E-state index contributed by atoms with van der Waals surface area (Å²) in [6, 6.07) is 20.5. The molecule has 0 heterocycles. The number of ether oxygens (including phenoxy) is 1. The average molecular weight is 402 g/mol. The van der Waals surface area contributed by atoms with Crippen molar-refractivity contribution in [3.8, 4) is 5.75 Å². The first-order valence-corrected chi connectivity index (χ1v) is 10.2. The van der Waals surface area contributed by atoms with E-state index in [1.165, 1.54) is 0 Å². The topological polar surface area (TPSA) is 55.4 Å². The van der Waals surface area contributed by atoms with Crippen molar-refractivity contribution in [2.24, 2.45) is 0 Å². The van der Waals surface area contributed by atoms with Gasteiger partial charge in [-0.05, 0) is 48.4 Å². The molecular formula is C21H20ClNO3S. The number of rotatable bonds is 6. The molecule has 0 spiro atoms. The molecule has 1 N–H and O–H groups in total. The Morgan fingerprint density at radius 3 is 2.15 bits per heavy atom. The molecule has 6 heteroatoms. The summed E-state index contributed by atoms with van der Waals surface area (Å²) in [5.74, 6) is 0.693. The standard InChI is InChI=1S/C21H20ClNO3S/c1-15-7-13-18(14-8-15)27(24,25)23-21(19-5-3-4-6-20(19)22)16-9-11-17(26-2)12-10-16/h3-14,21,23H,1-2H3/t21-/m0/s1. The van der Waals surface area contributed by atoms with E-state index in [0.717, 1.165) is 11.1 Å². The third kappa shape index (κ3) is 4.50. The molecular weight excluding hydrogens is 382 g/mol. The number of sulfonamides is 1. The third-order valence-corrected chi connectivity index (χ3v) is 6.05. The van der Waals surface area contributed by atoms with Crippen molar-refractivity contribution in [2.75, 3.05) is 7.11 Å². The minimum Gasteiger partial charge on any atom is -0.497 e. The van der Waals surface area contributed by atoms with E-state index in [4.69, 9.17) is 16.3 Å². The predicted octanol–water partition coefficient (Wildman–Crippen LogP) is 4.72. The highest BCUT2D eigenvalue weighted by Crippen LogP contribution is 2.30. The largest absolute Gasteiger partial charge is 0.497 e. The van der Waals surface area contributed by atoms with Crippen LogP contribution in [0.3, 0.4) is 0 Å². The lowest BCUT2D eigenvalue weighted by Crippen LogP contribution is -2.29. The van der Waals surface area contributed by atoms with Gasteiger partial charge in [-0.25, -0.2) is 8.42 Å². The van der Waals surface area contributed by atoms with Gasteiger partial charge < -0.3 is 4.74 Å². The zero-order valence-electron chi connectivity index (χ0n) is 15.0. The van der Waals surface area contributed by atoms with Crippen LogP contribution in [0.2, 0.25) is 5.02 Å². The Morgan fingerprint density at radius 2 is 1.56 bits per heavy atom. The fraction of sp³-hybridized carbons (Fsp3) is 0.143. The molecule has 0 saturated heterocycles. The van der Waals surface area contributed by atoms with E-state index >= 15 is 0 Å². The summed E-state index contributed by atoms with van der Waals surface area (Å²) in [7, 11) is -2.16. The van der Waals surface area contributed by atoms with Gasteiger partial charge in [0.2, 0.25) is 10.0 Å². The van der Waals surface area contributed by atoms with E-state index < -0.39 is 16.1 Å². The zero-order valence-corrected chi connectivity index (χ0v) is 16.6. The molecule has 3 rings (SSSR count). The summed E-state index contributed by atoms with van der Waals surface area (Å²) in [5, 5.41) is 0.491. The molecule has 0 bridgehead atoms. The first-order chi connectivity index (χ1) is 12.9. The van der Waals surface area contributed by atoms with Gasteiger partial charge in [0.05, 0.1) is 18.0 Å². The number of halogens is 1. The monoisotopic (exact) mass is 401 g/mol. The summed E-state index contributed by atoms with van der Waals surface area (Å²) in [6.45, 7) is 1.91. The molecule has 1 atom stereocenters. The number of methoxy groups -OCH3 is 1.